The highest BCUT2D eigenvalue weighted by molar-refractivity contribution is 6.30. The predicted octanol–water partition coefficient (Wildman–Crippen LogP) is 2.09. The van der Waals surface area contributed by atoms with Crippen LogP contribution in [-0.2, 0) is 4.74 Å². The van der Waals surface area contributed by atoms with Gasteiger partial charge < -0.3 is 20.3 Å². The molecule has 1 aliphatic carbocycles. The summed E-state index contributed by atoms with van der Waals surface area (Å²) in [6.45, 7) is 1.72. The molecule has 1 aromatic carbocycles. The van der Waals surface area contributed by atoms with Crippen molar-refractivity contribution in [2.75, 3.05) is 5.32 Å². The van der Waals surface area contributed by atoms with Crippen LogP contribution in [0.25, 0.3) is 11.2 Å². The number of hydrogen-bond donors (Lipinski definition) is 3. The minimum Gasteiger partial charge on any atom is -0.388 e. The highest BCUT2D eigenvalue weighted by Gasteiger charge is 2.42. The summed E-state index contributed by atoms with van der Waals surface area (Å²) in [5.74, 6) is 1.05. The molecule has 3 N–H and O–H groups in total. The summed E-state index contributed by atoms with van der Waals surface area (Å²) in [6.07, 6.45) is 0.826. The quantitative estimate of drug-likeness (QED) is 0.614. The van der Waals surface area contributed by atoms with Crippen LogP contribution < -0.4 is 5.32 Å². The standard InChI is InChI=1S/C19H20ClN5O3/c1-9-15(26)16(27)19(28-9)25-8-23-14-17(21-7-22-18(14)25)24-13-6-12(13)10-2-4-11(20)5-3-10/h2-5,7-9,12-13,15-16,19,26-27H,6H2,1H3,(H,21,22,24)/t9-,12-,13+,15-,16-,19-/m1/s1. The van der Waals surface area contributed by atoms with Crippen molar-refractivity contribution >= 4 is 28.6 Å². The van der Waals surface area contributed by atoms with Gasteiger partial charge in [0.25, 0.3) is 0 Å². The van der Waals surface area contributed by atoms with E-state index >= 15 is 0 Å². The van der Waals surface area contributed by atoms with E-state index in [9.17, 15) is 10.2 Å². The van der Waals surface area contributed by atoms with Gasteiger partial charge in [-0.3, -0.25) is 4.57 Å². The molecular weight excluding hydrogens is 382 g/mol. The second-order valence-corrected chi connectivity index (χ2v) is 7.84. The van der Waals surface area contributed by atoms with Gasteiger partial charge in [-0.15, -0.1) is 0 Å². The Kier molecular flexibility index (Phi) is 4.24. The van der Waals surface area contributed by atoms with Gasteiger partial charge in [-0.25, -0.2) is 15.0 Å². The van der Waals surface area contributed by atoms with Crippen molar-refractivity contribution in [3.63, 3.8) is 0 Å². The Hall–Kier alpha value is -2.26. The van der Waals surface area contributed by atoms with Gasteiger partial charge in [0.2, 0.25) is 0 Å². The Morgan fingerprint density at radius 2 is 1.93 bits per heavy atom. The first-order valence-corrected chi connectivity index (χ1v) is 9.62. The van der Waals surface area contributed by atoms with Crippen molar-refractivity contribution in [1.29, 1.82) is 0 Å². The Labute approximate surface area is 166 Å². The van der Waals surface area contributed by atoms with E-state index in [-0.39, 0.29) is 6.04 Å². The second kappa shape index (κ2) is 6.66. The number of halogens is 1. The highest BCUT2D eigenvalue weighted by atomic mass is 35.5. The molecule has 0 spiro atoms. The van der Waals surface area contributed by atoms with Crippen LogP contribution in [-0.4, -0.2) is 54.1 Å². The molecule has 5 rings (SSSR count). The van der Waals surface area contributed by atoms with Crippen molar-refractivity contribution < 1.29 is 14.9 Å². The molecule has 2 aromatic heterocycles. The number of benzene rings is 1. The maximum Gasteiger partial charge on any atom is 0.167 e. The molecule has 0 unspecified atom stereocenters. The second-order valence-electron chi connectivity index (χ2n) is 7.40. The van der Waals surface area contributed by atoms with Crippen LogP contribution in [0.4, 0.5) is 5.82 Å². The van der Waals surface area contributed by atoms with Crippen molar-refractivity contribution in [1.82, 2.24) is 19.5 Å². The molecule has 1 saturated carbocycles. The highest BCUT2D eigenvalue weighted by Crippen LogP contribution is 2.43. The average molecular weight is 402 g/mol. The minimum atomic E-state index is -1.04. The Balaban J connectivity index is 1.38. The van der Waals surface area contributed by atoms with E-state index in [0.717, 1.165) is 11.4 Å². The third-order valence-electron chi connectivity index (χ3n) is 5.52. The SMILES string of the molecule is C[C@H]1O[C@@H](n2cnc3c(N[C@H]4C[C@@H]4c4ccc(Cl)cc4)ncnc32)[C@H](O)[C@@H]1O. The summed E-state index contributed by atoms with van der Waals surface area (Å²) in [6, 6.07) is 8.16. The summed E-state index contributed by atoms with van der Waals surface area (Å²) >= 11 is 5.97. The fourth-order valence-corrected chi connectivity index (χ4v) is 3.94. The average Bonchev–Trinajstić information content (AvgIpc) is 3.24. The van der Waals surface area contributed by atoms with Gasteiger partial charge in [0.1, 0.15) is 18.5 Å². The van der Waals surface area contributed by atoms with Gasteiger partial charge in [-0.2, -0.15) is 0 Å². The van der Waals surface area contributed by atoms with Gasteiger partial charge in [0.15, 0.2) is 23.2 Å². The zero-order valence-electron chi connectivity index (χ0n) is 15.1. The third-order valence-corrected chi connectivity index (χ3v) is 5.77. The number of anilines is 1. The summed E-state index contributed by atoms with van der Waals surface area (Å²) in [5, 5.41) is 24.4. The topological polar surface area (TPSA) is 105 Å². The molecule has 3 heterocycles. The Morgan fingerprint density at radius 3 is 2.64 bits per heavy atom. The molecule has 1 aliphatic heterocycles. The zero-order chi connectivity index (χ0) is 19.4. The van der Waals surface area contributed by atoms with Gasteiger partial charge in [-0.05, 0) is 31.0 Å². The van der Waals surface area contributed by atoms with Crippen LogP contribution in [0.3, 0.4) is 0 Å². The van der Waals surface area contributed by atoms with E-state index in [4.69, 9.17) is 16.3 Å². The number of nitrogens with zero attached hydrogens (tertiary/aromatic N) is 4. The smallest absolute Gasteiger partial charge is 0.167 e. The number of aliphatic hydroxyl groups is 2. The monoisotopic (exact) mass is 401 g/mol. The lowest BCUT2D eigenvalue weighted by Gasteiger charge is -2.16. The number of fused-ring (bicyclic) bond motifs is 1. The lowest BCUT2D eigenvalue weighted by atomic mass is 10.1. The fourth-order valence-electron chi connectivity index (χ4n) is 3.81. The Morgan fingerprint density at radius 1 is 1.14 bits per heavy atom. The summed E-state index contributed by atoms with van der Waals surface area (Å²) in [7, 11) is 0. The number of ether oxygens (including phenoxy) is 1. The van der Waals surface area contributed by atoms with Gasteiger partial charge in [0, 0.05) is 17.0 Å². The van der Waals surface area contributed by atoms with Crippen LogP contribution in [0.1, 0.15) is 31.1 Å². The molecule has 0 amide bonds. The van der Waals surface area contributed by atoms with Gasteiger partial charge in [0.05, 0.1) is 12.4 Å². The maximum absolute atomic E-state index is 10.3. The molecule has 28 heavy (non-hydrogen) atoms. The van der Waals surface area contributed by atoms with Crippen LogP contribution in [0.15, 0.2) is 36.9 Å². The fraction of sp³-hybridized carbons (Fsp3) is 0.421. The van der Waals surface area contributed by atoms with E-state index in [1.165, 1.54) is 11.9 Å². The Bertz CT molecular complexity index is 1010. The number of hydrogen-bond acceptors (Lipinski definition) is 7. The largest absolute Gasteiger partial charge is 0.388 e. The zero-order valence-corrected chi connectivity index (χ0v) is 15.9. The first-order valence-electron chi connectivity index (χ1n) is 9.24. The molecule has 2 aliphatic rings. The molecule has 6 atom stereocenters. The molecular formula is C19H20ClN5O3. The molecule has 9 heteroatoms. The van der Waals surface area contributed by atoms with E-state index < -0.39 is 24.5 Å². The van der Waals surface area contributed by atoms with Gasteiger partial charge in [-0.1, -0.05) is 23.7 Å². The number of imidazole rings is 1. The normalized spacial score (nSPS) is 32.0. The van der Waals surface area contributed by atoms with E-state index in [1.807, 2.05) is 24.3 Å². The first kappa shape index (κ1) is 17.8. The number of aliphatic hydroxyl groups excluding tert-OH is 2. The summed E-state index contributed by atoms with van der Waals surface area (Å²) in [4.78, 5) is 13.1. The van der Waals surface area contributed by atoms with Gasteiger partial charge >= 0.3 is 0 Å². The molecule has 0 radical (unpaired) electrons. The van der Waals surface area contributed by atoms with E-state index in [0.29, 0.717) is 22.9 Å². The van der Waals surface area contributed by atoms with E-state index in [1.54, 1.807) is 17.8 Å². The van der Waals surface area contributed by atoms with Crippen molar-refractivity contribution in [2.24, 2.45) is 0 Å². The number of rotatable bonds is 4. The molecule has 3 aromatic rings. The van der Waals surface area contributed by atoms with Crippen molar-refractivity contribution in [2.45, 2.75) is 49.8 Å². The predicted molar refractivity (Wildman–Crippen MR) is 103 cm³/mol. The summed E-state index contributed by atoms with van der Waals surface area (Å²) < 4.78 is 7.33. The van der Waals surface area contributed by atoms with Crippen LogP contribution in [0.2, 0.25) is 5.02 Å². The maximum atomic E-state index is 10.3. The number of nitrogens with one attached hydrogen (secondary N) is 1. The lowest BCUT2D eigenvalue weighted by Crippen LogP contribution is -2.30. The molecule has 0 bridgehead atoms. The van der Waals surface area contributed by atoms with Crippen molar-refractivity contribution in [3.8, 4) is 0 Å². The lowest BCUT2D eigenvalue weighted by molar-refractivity contribution is -0.0299. The molecule has 2 fully saturated rings. The first-order chi connectivity index (χ1) is 13.5. The van der Waals surface area contributed by atoms with Crippen LogP contribution in [0.5, 0.6) is 0 Å². The minimum absolute atomic E-state index is 0.264. The third kappa shape index (κ3) is 2.93. The van der Waals surface area contributed by atoms with Crippen LogP contribution >= 0.6 is 11.6 Å². The van der Waals surface area contributed by atoms with E-state index in [2.05, 4.69) is 20.3 Å². The van der Waals surface area contributed by atoms with Crippen molar-refractivity contribution in [3.05, 3.63) is 47.5 Å². The summed E-state index contributed by atoms with van der Waals surface area (Å²) in [5.41, 5.74) is 2.39. The van der Waals surface area contributed by atoms with Crippen LogP contribution in [0, 0.1) is 0 Å². The number of aromatic nitrogens is 4. The molecule has 146 valence electrons. The molecule has 8 nitrogen and oxygen atoms in total. The molecule has 1 saturated heterocycles.